The summed E-state index contributed by atoms with van der Waals surface area (Å²) in [6.45, 7) is 3.30. The second kappa shape index (κ2) is 7.45. The van der Waals surface area contributed by atoms with Gasteiger partial charge in [-0.1, -0.05) is 0 Å². The quantitative estimate of drug-likeness (QED) is 0.809. The molecule has 1 spiro atoms. The molecule has 29 heavy (non-hydrogen) atoms. The second-order valence-electron chi connectivity index (χ2n) is 8.87. The smallest absolute Gasteiger partial charge is 0.393 e. The Bertz CT molecular complexity index is 777. The van der Waals surface area contributed by atoms with Crippen molar-refractivity contribution in [1.29, 1.82) is 0 Å². The van der Waals surface area contributed by atoms with E-state index in [9.17, 15) is 23.1 Å². The maximum atomic E-state index is 13.4. The van der Waals surface area contributed by atoms with Crippen LogP contribution in [0.25, 0.3) is 0 Å². The summed E-state index contributed by atoms with van der Waals surface area (Å²) in [6.07, 6.45) is 0.676. The van der Waals surface area contributed by atoms with Crippen LogP contribution in [0.5, 0.6) is 0 Å². The molecule has 1 aromatic heterocycles. The molecule has 0 aromatic carbocycles. The second-order valence-corrected chi connectivity index (χ2v) is 8.87. The van der Waals surface area contributed by atoms with Gasteiger partial charge >= 0.3 is 6.18 Å². The van der Waals surface area contributed by atoms with Crippen LogP contribution in [0.15, 0.2) is 12.1 Å². The lowest BCUT2D eigenvalue weighted by molar-refractivity contribution is -0.139. The topological polar surface area (TPSA) is 56.7 Å². The molecule has 3 fully saturated rings. The van der Waals surface area contributed by atoms with Crippen molar-refractivity contribution >= 4 is 11.7 Å². The number of pyridine rings is 1. The number of alkyl halides is 3. The van der Waals surface area contributed by atoms with Crippen molar-refractivity contribution in [2.45, 2.75) is 70.2 Å². The van der Waals surface area contributed by atoms with Crippen LogP contribution in [0.4, 0.5) is 19.0 Å². The zero-order valence-electron chi connectivity index (χ0n) is 16.7. The van der Waals surface area contributed by atoms with Crippen LogP contribution in [-0.4, -0.2) is 52.7 Å². The molecule has 5 nitrogen and oxygen atoms in total. The van der Waals surface area contributed by atoms with Gasteiger partial charge in [0.1, 0.15) is 5.82 Å². The predicted molar refractivity (Wildman–Crippen MR) is 102 cm³/mol. The summed E-state index contributed by atoms with van der Waals surface area (Å²) < 4.78 is 39.7. The van der Waals surface area contributed by atoms with Crippen molar-refractivity contribution in [2.75, 3.05) is 24.5 Å². The van der Waals surface area contributed by atoms with E-state index in [4.69, 9.17) is 0 Å². The van der Waals surface area contributed by atoms with Crippen molar-refractivity contribution in [2.24, 2.45) is 5.41 Å². The molecule has 1 saturated carbocycles. The molecule has 2 aliphatic heterocycles. The molecule has 0 radical (unpaired) electrons. The lowest BCUT2D eigenvalue weighted by atomic mass is 9.78. The summed E-state index contributed by atoms with van der Waals surface area (Å²) in [7, 11) is 0. The minimum absolute atomic E-state index is 0.132. The summed E-state index contributed by atoms with van der Waals surface area (Å²) >= 11 is 0. The van der Waals surface area contributed by atoms with Crippen molar-refractivity contribution in [3.63, 3.8) is 0 Å². The first kappa shape index (κ1) is 20.4. The van der Waals surface area contributed by atoms with Gasteiger partial charge in [0.25, 0.3) is 0 Å². The number of amides is 1. The molecule has 8 heteroatoms. The van der Waals surface area contributed by atoms with Crippen LogP contribution in [-0.2, 0) is 11.0 Å². The molecule has 3 heterocycles. The number of piperidine rings is 1. The number of rotatable bonds is 2. The zero-order valence-corrected chi connectivity index (χ0v) is 16.7. The molecule has 0 bridgehead atoms. The fourth-order valence-corrected chi connectivity index (χ4v) is 5.25. The highest BCUT2D eigenvalue weighted by atomic mass is 19.4. The van der Waals surface area contributed by atoms with Gasteiger partial charge in [0, 0.05) is 31.4 Å². The Morgan fingerprint density at radius 3 is 2.55 bits per heavy atom. The number of anilines is 1. The van der Waals surface area contributed by atoms with E-state index in [0.717, 1.165) is 57.1 Å². The van der Waals surface area contributed by atoms with E-state index in [-0.39, 0.29) is 18.1 Å². The molecule has 1 unspecified atom stereocenters. The average Bonchev–Trinajstić information content (AvgIpc) is 2.97. The molecule has 4 rings (SSSR count). The van der Waals surface area contributed by atoms with E-state index in [2.05, 4.69) is 4.98 Å². The van der Waals surface area contributed by atoms with Crippen LogP contribution < -0.4 is 4.90 Å². The van der Waals surface area contributed by atoms with E-state index in [1.807, 2.05) is 9.80 Å². The lowest BCUT2D eigenvalue weighted by Gasteiger charge is -2.41. The van der Waals surface area contributed by atoms with Crippen LogP contribution in [0, 0.1) is 12.3 Å². The third-order valence-electron chi connectivity index (χ3n) is 6.82. The molecule has 1 N–H and O–H groups in total. The summed E-state index contributed by atoms with van der Waals surface area (Å²) in [4.78, 5) is 21.5. The fourth-order valence-electron chi connectivity index (χ4n) is 5.25. The number of hydrogen-bond donors (Lipinski definition) is 1. The predicted octanol–water partition coefficient (Wildman–Crippen LogP) is 3.53. The van der Waals surface area contributed by atoms with Crippen molar-refractivity contribution in [3.8, 4) is 0 Å². The fraction of sp³-hybridized carbons (Fsp3) is 0.714. The van der Waals surface area contributed by atoms with Crippen LogP contribution >= 0.6 is 0 Å². The summed E-state index contributed by atoms with van der Waals surface area (Å²) in [5.74, 6) is 0.440. The molecular weight excluding hydrogens is 383 g/mol. The Labute approximate surface area is 168 Å². The number of aliphatic hydroxyl groups is 1. The van der Waals surface area contributed by atoms with Gasteiger partial charge in [-0.3, -0.25) is 4.79 Å². The number of carbonyl (C=O) groups is 1. The molecule has 1 amide bonds. The number of aliphatic hydroxyl groups excluding tert-OH is 1. The number of hydrogen-bond acceptors (Lipinski definition) is 4. The van der Waals surface area contributed by atoms with E-state index in [1.165, 1.54) is 0 Å². The number of carbonyl (C=O) groups excluding carboxylic acids is 1. The summed E-state index contributed by atoms with van der Waals surface area (Å²) in [6, 6.07) is 2.34. The first-order valence-corrected chi connectivity index (χ1v) is 10.5. The molecule has 1 aromatic rings. The van der Waals surface area contributed by atoms with Gasteiger partial charge in [-0.15, -0.1) is 0 Å². The third kappa shape index (κ3) is 3.96. The monoisotopic (exact) mass is 411 g/mol. The molecule has 160 valence electrons. The number of nitrogens with zero attached hydrogens (tertiary/aromatic N) is 3. The standard InChI is InChI=1S/C21H28F3N3O2/c1-14-11-15(21(22,23)24)12-18(25-14)26-9-2-7-20(13-26)8-10-27(19(20)29)16-3-5-17(28)6-4-16/h11-12,16-17,28H,2-10,13H2,1H3. The Morgan fingerprint density at radius 2 is 1.86 bits per heavy atom. The summed E-state index contributed by atoms with van der Waals surface area (Å²) in [5.41, 5.74) is -0.896. The van der Waals surface area contributed by atoms with E-state index in [1.54, 1.807) is 6.92 Å². The van der Waals surface area contributed by atoms with Gasteiger partial charge in [-0.2, -0.15) is 13.2 Å². The summed E-state index contributed by atoms with van der Waals surface area (Å²) in [5, 5.41) is 9.74. The Hall–Kier alpha value is -1.83. The van der Waals surface area contributed by atoms with Gasteiger partial charge in [-0.25, -0.2) is 4.98 Å². The average molecular weight is 411 g/mol. The Kier molecular flexibility index (Phi) is 5.25. The van der Waals surface area contributed by atoms with Crippen LogP contribution in [0.2, 0.25) is 0 Å². The first-order valence-electron chi connectivity index (χ1n) is 10.5. The third-order valence-corrected chi connectivity index (χ3v) is 6.82. The van der Waals surface area contributed by atoms with E-state index < -0.39 is 17.2 Å². The van der Waals surface area contributed by atoms with E-state index >= 15 is 0 Å². The van der Waals surface area contributed by atoms with Crippen LogP contribution in [0.3, 0.4) is 0 Å². The minimum Gasteiger partial charge on any atom is -0.393 e. The molecule has 3 aliphatic rings. The largest absolute Gasteiger partial charge is 0.416 e. The van der Waals surface area contributed by atoms with Crippen LogP contribution in [0.1, 0.15) is 56.2 Å². The minimum atomic E-state index is -4.42. The van der Waals surface area contributed by atoms with Gasteiger partial charge in [0.15, 0.2) is 0 Å². The maximum Gasteiger partial charge on any atom is 0.416 e. The highest BCUT2D eigenvalue weighted by molar-refractivity contribution is 5.86. The zero-order chi connectivity index (χ0) is 20.8. The highest BCUT2D eigenvalue weighted by Crippen LogP contribution is 2.43. The van der Waals surface area contributed by atoms with Gasteiger partial charge in [-0.05, 0) is 64.0 Å². The first-order chi connectivity index (χ1) is 13.7. The van der Waals surface area contributed by atoms with Crippen molar-refractivity contribution < 1.29 is 23.1 Å². The highest BCUT2D eigenvalue weighted by Gasteiger charge is 2.51. The number of likely N-dealkylation sites (tertiary alicyclic amines) is 1. The number of aromatic nitrogens is 1. The van der Waals surface area contributed by atoms with Gasteiger partial charge < -0.3 is 14.9 Å². The molecule has 1 atom stereocenters. The molecule has 1 aliphatic carbocycles. The normalized spacial score (nSPS) is 31.0. The van der Waals surface area contributed by atoms with Crippen molar-refractivity contribution in [3.05, 3.63) is 23.4 Å². The maximum absolute atomic E-state index is 13.4. The Morgan fingerprint density at radius 1 is 1.14 bits per heavy atom. The Balaban J connectivity index is 1.53. The van der Waals surface area contributed by atoms with Gasteiger partial charge in [0.2, 0.25) is 5.91 Å². The number of halogens is 3. The molecular formula is C21H28F3N3O2. The molecule has 2 saturated heterocycles. The number of aryl methyl sites for hydroxylation is 1. The van der Waals surface area contributed by atoms with E-state index in [0.29, 0.717) is 31.1 Å². The SMILES string of the molecule is Cc1cc(C(F)(F)F)cc(N2CCCC3(CCN(C4CCC(O)CC4)C3=O)C2)n1. The van der Waals surface area contributed by atoms with Crippen molar-refractivity contribution in [1.82, 2.24) is 9.88 Å². The lowest BCUT2D eigenvalue weighted by Crippen LogP contribution is -2.50. The van der Waals surface area contributed by atoms with Gasteiger partial charge in [0.05, 0.1) is 17.1 Å².